The molecule has 2 amide bonds. The molecule has 26 heavy (non-hydrogen) atoms. The van der Waals surface area contributed by atoms with Crippen molar-refractivity contribution in [3.05, 3.63) is 54.4 Å². The smallest absolute Gasteiger partial charge is 0.273 e. The topological polar surface area (TPSA) is 93.5 Å². The number of hydrogen-bond donors (Lipinski definition) is 2. The van der Waals surface area contributed by atoms with Crippen LogP contribution in [0.1, 0.15) is 42.4 Å². The van der Waals surface area contributed by atoms with E-state index in [9.17, 15) is 9.59 Å². The summed E-state index contributed by atoms with van der Waals surface area (Å²) in [4.78, 5) is 23.4. The molecule has 7 nitrogen and oxygen atoms in total. The number of carbonyl (C=O) groups excluding carboxylic acids is 2. The molecule has 0 radical (unpaired) electrons. The maximum atomic E-state index is 11.7. The molecule has 1 heterocycles. The minimum absolute atomic E-state index is 0.00411. The Kier molecular flexibility index (Phi) is 7.42. The lowest BCUT2D eigenvalue weighted by molar-refractivity contribution is -0.116. The van der Waals surface area contributed by atoms with Crippen molar-refractivity contribution in [2.75, 3.05) is 11.9 Å². The zero-order valence-electron chi connectivity index (χ0n) is 14.8. The molecule has 138 valence electrons. The van der Waals surface area contributed by atoms with Crippen LogP contribution in [0.15, 0.2) is 47.5 Å². The molecular weight excluding hydrogens is 334 g/mol. The molecule has 7 heteroatoms. The van der Waals surface area contributed by atoms with Crippen LogP contribution in [0.5, 0.6) is 5.75 Å². The lowest BCUT2D eigenvalue weighted by Gasteiger charge is -2.07. The van der Waals surface area contributed by atoms with E-state index in [4.69, 9.17) is 9.26 Å². The predicted molar refractivity (Wildman–Crippen MR) is 98.0 cm³/mol. The van der Waals surface area contributed by atoms with Gasteiger partial charge in [-0.05, 0) is 30.7 Å². The molecule has 2 N–H and O–H groups in total. The number of unbranched alkanes of at least 4 members (excludes halogenated alkanes) is 1. The van der Waals surface area contributed by atoms with E-state index >= 15 is 0 Å². The third-order valence-corrected chi connectivity index (χ3v) is 3.48. The van der Waals surface area contributed by atoms with Crippen molar-refractivity contribution in [1.29, 1.82) is 0 Å². The van der Waals surface area contributed by atoms with E-state index in [1.807, 2.05) is 6.92 Å². The Labute approximate surface area is 152 Å². The Morgan fingerprint density at radius 3 is 2.77 bits per heavy atom. The van der Waals surface area contributed by atoms with E-state index in [1.165, 1.54) is 6.07 Å². The van der Waals surface area contributed by atoms with Gasteiger partial charge in [0.2, 0.25) is 5.91 Å². The number of nitrogens with one attached hydrogen (secondary N) is 2. The Balaban J connectivity index is 1.82. The van der Waals surface area contributed by atoms with Crippen molar-refractivity contribution in [2.45, 2.75) is 32.8 Å². The average molecular weight is 357 g/mol. The highest BCUT2D eigenvalue weighted by Crippen LogP contribution is 2.17. The highest BCUT2D eigenvalue weighted by molar-refractivity contribution is 5.92. The molecule has 1 aromatic carbocycles. The van der Waals surface area contributed by atoms with Crippen LogP contribution in [0.4, 0.5) is 5.69 Å². The van der Waals surface area contributed by atoms with Crippen LogP contribution in [-0.4, -0.2) is 23.5 Å². The number of hydrogen-bond acceptors (Lipinski definition) is 5. The van der Waals surface area contributed by atoms with E-state index in [0.717, 1.165) is 18.5 Å². The van der Waals surface area contributed by atoms with Gasteiger partial charge in [0, 0.05) is 24.7 Å². The fraction of sp³-hybridized carbons (Fsp3) is 0.316. The molecule has 0 atom stereocenters. The van der Waals surface area contributed by atoms with Crippen LogP contribution in [0.25, 0.3) is 0 Å². The van der Waals surface area contributed by atoms with E-state index in [0.29, 0.717) is 24.5 Å². The second-order valence-corrected chi connectivity index (χ2v) is 5.64. The molecule has 0 spiro atoms. The van der Waals surface area contributed by atoms with E-state index < -0.39 is 0 Å². The van der Waals surface area contributed by atoms with Gasteiger partial charge in [-0.1, -0.05) is 24.6 Å². The minimum Gasteiger partial charge on any atom is -0.486 e. The number of ether oxygens (including phenoxy) is 1. The van der Waals surface area contributed by atoms with E-state index in [1.54, 1.807) is 30.3 Å². The van der Waals surface area contributed by atoms with Crippen LogP contribution in [-0.2, 0) is 11.4 Å². The fourth-order valence-corrected chi connectivity index (χ4v) is 2.09. The van der Waals surface area contributed by atoms with Crippen LogP contribution in [0.2, 0.25) is 0 Å². The summed E-state index contributed by atoms with van der Waals surface area (Å²) in [6, 6.07) is 8.58. The van der Waals surface area contributed by atoms with E-state index in [2.05, 4.69) is 22.4 Å². The van der Waals surface area contributed by atoms with Crippen molar-refractivity contribution >= 4 is 17.5 Å². The number of amides is 2. The van der Waals surface area contributed by atoms with Gasteiger partial charge in [-0.2, -0.15) is 0 Å². The number of carbonyl (C=O) groups is 2. The molecule has 0 unspecified atom stereocenters. The molecule has 0 aliphatic heterocycles. The first-order valence-corrected chi connectivity index (χ1v) is 8.49. The maximum absolute atomic E-state index is 11.7. The van der Waals surface area contributed by atoms with Crippen molar-refractivity contribution in [3.8, 4) is 5.75 Å². The van der Waals surface area contributed by atoms with Gasteiger partial charge in [0.15, 0.2) is 11.5 Å². The summed E-state index contributed by atoms with van der Waals surface area (Å²) in [6.07, 6.45) is 3.96. The van der Waals surface area contributed by atoms with Gasteiger partial charge in [-0.3, -0.25) is 9.59 Å². The van der Waals surface area contributed by atoms with Gasteiger partial charge in [0.1, 0.15) is 12.4 Å². The molecule has 0 bridgehead atoms. The molecule has 0 aliphatic carbocycles. The number of rotatable bonds is 10. The van der Waals surface area contributed by atoms with Gasteiger partial charge in [0.05, 0.1) is 0 Å². The third kappa shape index (κ3) is 6.08. The summed E-state index contributed by atoms with van der Waals surface area (Å²) in [6.45, 7) is 6.08. The SMILES string of the molecule is C=CCNC(=O)c1cc(COc2ccc(NC(=O)CCCC)cc2)on1. The first-order chi connectivity index (χ1) is 12.6. The predicted octanol–water partition coefficient (Wildman–Crippen LogP) is 3.30. The minimum atomic E-state index is -0.330. The van der Waals surface area contributed by atoms with E-state index in [-0.39, 0.29) is 24.1 Å². The number of aromatic nitrogens is 1. The fourth-order valence-electron chi connectivity index (χ4n) is 2.09. The number of anilines is 1. The zero-order chi connectivity index (χ0) is 18.8. The van der Waals surface area contributed by atoms with Gasteiger partial charge < -0.3 is 19.9 Å². The van der Waals surface area contributed by atoms with Gasteiger partial charge in [0.25, 0.3) is 5.91 Å². The van der Waals surface area contributed by atoms with Gasteiger partial charge in [-0.15, -0.1) is 6.58 Å². The van der Waals surface area contributed by atoms with Gasteiger partial charge in [-0.25, -0.2) is 0 Å². The lowest BCUT2D eigenvalue weighted by atomic mass is 10.2. The normalized spacial score (nSPS) is 10.2. The number of nitrogens with zero attached hydrogens (tertiary/aromatic N) is 1. The molecule has 0 aliphatic rings. The summed E-state index contributed by atoms with van der Waals surface area (Å²) in [5, 5.41) is 9.15. The summed E-state index contributed by atoms with van der Waals surface area (Å²) in [7, 11) is 0. The second-order valence-electron chi connectivity index (χ2n) is 5.64. The Bertz CT molecular complexity index is 737. The lowest BCUT2D eigenvalue weighted by Crippen LogP contribution is -2.23. The molecular formula is C19H23N3O4. The average Bonchev–Trinajstić information content (AvgIpc) is 3.13. The first-order valence-electron chi connectivity index (χ1n) is 8.49. The molecule has 1 aromatic heterocycles. The van der Waals surface area contributed by atoms with Crippen molar-refractivity contribution in [1.82, 2.24) is 10.5 Å². The summed E-state index contributed by atoms with van der Waals surface area (Å²) in [5.74, 6) is 0.726. The van der Waals surface area contributed by atoms with Gasteiger partial charge >= 0.3 is 0 Å². The summed E-state index contributed by atoms with van der Waals surface area (Å²) in [5.41, 5.74) is 0.912. The molecule has 2 aromatic rings. The highest BCUT2D eigenvalue weighted by Gasteiger charge is 2.12. The summed E-state index contributed by atoms with van der Waals surface area (Å²) < 4.78 is 10.7. The summed E-state index contributed by atoms with van der Waals surface area (Å²) >= 11 is 0. The molecule has 0 saturated carbocycles. The molecule has 2 rings (SSSR count). The highest BCUT2D eigenvalue weighted by atomic mass is 16.5. The largest absolute Gasteiger partial charge is 0.486 e. The zero-order valence-corrected chi connectivity index (χ0v) is 14.8. The van der Waals surface area contributed by atoms with Crippen molar-refractivity contribution < 1.29 is 18.8 Å². The standard InChI is InChI=1S/C19H23N3O4/c1-3-5-6-18(23)21-14-7-9-15(10-8-14)25-13-16-12-17(22-26-16)19(24)20-11-4-2/h4,7-10,12H,2-3,5-6,11,13H2,1H3,(H,20,24)(H,21,23). The Morgan fingerprint density at radius 1 is 1.31 bits per heavy atom. The molecule has 0 fully saturated rings. The Morgan fingerprint density at radius 2 is 2.08 bits per heavy atom. The second kappa shape index (κ2) is 10.0. The van der Waals surface area contributed by atoms with Crippen LogP contribution in [0, 0.1) is 0 Å². The first kappa shape index (κ1) is 19.2. The Hall–Kier alpha value is -3.09. The third-order valence-electron chi connectivity index (χ3n) is 3.48. The number of benzene rings is 1. The quantitative estimate of drug-likeness (QED) is 0.636. The van der Waals surface area contributed by atoms with Crippen LogP contribution < -0.4 is 15.4 Å². The van der Waals surface area contributed by atoms with Crippen molar-refractivity contribution in [3.63, 3.8) is 0 Å². The maximum Gasteiger partial charge on any atom is 0.273 e. The molecule has 0 saturated heterocycles. The van der Waals surface area contributed by atoms with Crippen LogP contribution >= 0.6 is 0 Å². The van der Waals surface area contributed by atoms with Crippen molar-refractivity contribution in [2.24, 2.45) is 0 Å². The monoisotopic (exact) mass is 357 g/mol. The van der Waals surface area contributed by atoms with Crippen LogP contribution in [0.3, 0.4) is 0 Å².